The number of piperidine rings is 1. The van der Waals surface area contributed by atoms with Crippen LogP contribution in [0.3, 0.4) is 0 Å². The maximum absolute atomic E-state index is 13.3. The Morgan fingerprint density at radius 3 is 2.77 bits per heavy atom. The van der Waals surface area contributed by atoms with E-state index in [0.29, 0.717) is 36.3 Å². The number of nitrogens with one attached hydrogen (secondary N) is 1. The highest BCUT2D eigenvalue weighted by Crippen LogP contribution is 2.40. The lowest BCUT2D eigenvalue weighted by molar-refractivity contribution is -0.144. The van der Waals surface area contributed by atoms with Gasteiger partial charge in [-0.05, 0) is 57.2 Å². The van der Waals surface area contributed by atoms with E-state index in [9.17, 15) is 20.0 Å². The van der Waals surface area contributed by atoms with E-state index in [1.807, 2.05) is 13.8 Å². The predicted molar refractivity (Wildman–Crippen MR) is 112 cm³/mol. The topological polar surface area (TPSA) is 103 Å². The quantitative estimate of drug-likeness (QED) is 0.790. The number of likely N-dealkylation sites (tertiary alicyclic amines) is 1. The number of fused-ring (bicyclic) bond motifs is 1. The Morgan fingerprint density at radius 1 is 1.37 bits per heavy atom. The molecule has 1 saturated heterocycles. The second kappa shape index (κ2) is 8.65. The number of benzene rings is 1. The number of ether oxygens (including phenoxy) is 1. The van der Waals surface area contributed by atoms with Crippen molar-refractivity contribution >= 4 is 11.8 Å². The van der Waals surface area contributed by atoms with Gasteiger partial charge in [-0.2, -0.15) is 5.26 Å². The molecule has 7 heteroatoms. The van der Waals surface area contributed by atoms with Crippen molar-refractivity contribution in [2.75, 3.05) is 6.54 Å². The Labute approximate surface area is 178 Å². The molecule has 162 valence electrons. The summed E-state index contributed by atoms with van der Waals surface area (Å²) in [6.45, 7) is 8.07. The van der Waals surface area contributed by atoms with E-state index in [1.165, 1.54) is 0 Å². The first-order valence-corrected chi connectivity index (χ1v) is 10.6. The van der Waals surface area contributed by atoms with Gasteiger partial charge in [0.05, 0.1) is 17.7 Å². The van der Waals surface area contributed by atoms with Gasteiger partial charge in [0, 0.05) is 18.5 Å². The van der Waals surface area contributed by atoms with Crippen LogP contribution in [0.25, 0.3) is 0 Å². The van der Waals surface area contributed by atoms with E-state index in [0.717, 1.165) is 12.8 Å². The number of hydrogen-bond donors (Lipinski definition) is 2. The minimum Gasteiger partial charge on any atom is -0.485 e. The molecule has 2 N–H and O–H groups in total. The minimum absolute atomic E-state index is 0.00938. The van der Waals surface area contributed by atoms with Crippen LogP contribution in [0.2, 0.25) is 0 Å². The fraction of sp³-hybridized carbons (Fsp3) is 0.609. The molecule has 0 bridgehead atoms. The maximum Gasteiger partial charge on any atom is 0.243 e. The SMILES string of the molecule is CC(C)CC(=O)N1CCCCC1C(=O)NC1c2cc(C#N)ccc2OC(C)(C)C1O. The number of nitriles is 1. The van der Waals surface area contributed by atoms with Gasteiger partial charge < -0.3 is 20.1 Å². The van der Waals surface area contributed by atoms with Crippen molar-refractivity contribution in [3.05, 3.63) is 29.3 Å². The number of hydrogen-bond acceptors (Lipinski definition) is 5. The van der Waals surface area contributed by atoms with Crippen LogP contribution in [0.4, 0.5) is 0 Å². The fourth-order valence-electron chi connectivity index (χ4n) is 4.24. The van der Waals surface area contributed by atoms with Crippen molar-refractivity contribution in [1.29, 1.82) is 5.26 Å². The van der Waals surface area contributed by atoms with E-state index in [4.69, 9.17) is 4.74 Å². The zero-order valence-corrected chi connectivity index (χ0v) is 18.1. The van der Waals surface area contributed by atoms with Gasteiger partial charge in [-0.3, -0.25) is 9.59 Å². The molecular weight excluding hydrogens is 382 g/mol. The number of rotatable bonds is 4. The van der Waals surface area contributed by atoms with Crippen molar-refractivity contribution in [3.63, 3.8) is 0 Å². The molecule has 30 heavy (non-hydrogen) atoms. The lowest BCUT2D eigenvalue weighted by Gasteiger charge is -2.43. The van der Waals surface area contributed by atoms with E-state index in [1.54, 1.807) is 36.9 Å². The largest absolute Gasteiger partial charge is 0.485 e. The zero-order chi connectivity index (χ0) is 22.1. The highest BCUT2D eigenvalue weighted by molar-refractivity contribution is 5.88. The Kier molecular flexibility index (Phi) is 6.37. The Hall–Kier alpha value is -2.59. The predicted octanol–water partition coefficient (Wildman–Crippen LogP) is 2.67. The highest BCUT2D eigenvalue weighted by Gasteiger charge is 2.45. The third kappa shape index (κ3) is 4.44. The molecule has 0 aromatic heterocycles. The summed E-state index contributed by atoms with van der Waals surface area (Å²) in [6.07, 6.45) is 1.76. The summed E-state index contributed by atoms with van der Waals surface area (Å²) in [4.78, 5) is 27.7. The van der Waals surface area contributed by atoms with Gasteiger partial charge >= 0.3 is 0 Å². The van der Waals surface area contributed by atoms with Gasteiger partial charge in [0.2, 0.25) is 11.8 Å². The van der Waals surface area contributed by atoms with Gasteiger partial charge in [-0.25, -0.2) is 0 Å². The van der Waals surface area contributed by atoms with Gasteiger partial charge in [-0.15, -0.1) is 0 Å². The van der Waals surface area contributed by atoms with Crippen molar-refractivity contribution in [1.82, 2.24) is 10.2 Å². The summed E-state index contributed by atoms with van der Waals surface area (Å²) >= 11 is 0. The van der Waals surface area contributed by atoms with Gasteiger partial charge in [0.15, 0.2) is 0 Å². The lowest BCUT2D eigenvalue weighted by Crippen LogP contribution is -2.57. The summed E-state index contributed by atoms with van der Waals surface area (Å²) in [5.41, 5.74) is 0.0822. The van der Waals surface area contributed by atoms with Crippen LogP contribution in [0.5, 0.6) is 5.75 Å². The van der Waals surface area contributed by atoms with Crippen molar-refractivity contribution in [3.8, 4) is 11.8 Å². The second-order valence-electron chi connectivity index (χ2n) is 9.20. The molecule has 2 aliphatic heterocycles. The van der Waals surface area contributed by atoms with E-state index in [2.05, 4.69) is 11.4 Å². The number of amides is 2. The first kappa shape index (κ1) is 22.1. The Morgan fingerprint density at radius 2 is 2.10 bits per heavy atom. The average Bonchev–Trinajstić information content (AvgIpc) is 2.70. The standard InChI is InChI=1S/C23H31N3O4/c1-14(2)11-19(27)26-10-6-5-7-17(26)22(29)25-20-16-12-15(13-24)8-9-18(16)30-23(3,4)21(20)28/h8-9,12,14,17,20-21,28H,5-7,10-11H2,1-4H3,(H,25,29). The third-order valence-electron chi connectivity index (χ3n) is 5.88. The van der Waals surface area contributed by atoms with Crippen LogP contribution in [0.1, 0.15) is 70.5 Å². The van der Waals surface area contributed by atoms with Crippen LogP contribution in [0.15, 0.2) is 18.2 Å². The molecule has 0 radical (unpaired) electrons. The molecule has 1 fully saturated rings. The monoisotopic (exact) mass is 413 g/mol. The average molecular weight is 414 g/mol. The smallest absolute Gasteiger partial charge is 0.243 e. The van der Waals surface area contributed by atoms with Crippen molar-refractivity contribution < 1.29 is 19.4 Å². The molecule has 0 saturated carbocycles. The molecular formula is C23H31N3O4. The fourth-order valence-corrected chi connectivity index (χ4v) is 4.24. The van der Waals surface area contributed by atoms with Crippen molar-refractivity contribution in [2.45, 2.75) is 77.2 Å². The molecule has 2 amide bonds. The van der Waals surface area contributed by atoms with Crippen LogP contribution < -0.4 is 10.1 Å². The minimum atomic E-state index is -1.01. The number of carbonyl (C=O) groups excluding carboxylic acids is 2. The Balaban J connectivity index is 1.87. The summed E-state index contributed by atoms with van der Waals surface area (Å²) in [5.74, 6) is 0.468. The Bertz CT molecular complexity index is 858. The molecule has 7 nitrogen and oxygen atoms in total. The summed E-state index contributed by atoms with van der Waals surface area (Å²) in [7, 11) is 0. The highest BCUT2D eigenvalue weighted by atomic mass is 16.5. The first-order valence-electron chi connectivity index (χ1n) is 10.6. The molecule has 2 heterocycles. The molecule has 1 aromatic carbocycles. The van der Waals surface area contributed by atoms with Crippen molar-refractivity contribution in [2.24, 2.45) is 5.92 Å². The van der Waals surface area contributed by atoms with Crippen LogP contribution >= 0.6 is 0 Å². The molecule has 3 rings (SSSR count). The number of aliphatic hydroxyl groups excluding tert-OH is 1. The molecule has 3 unspecified atom stereocenters. The molecule has 0 aliphatic carbocycles. The third-order valence-corrected chi connectivity index (χ3v) is 5.88. The van der Waals surface area contributed by atoms with Gasteiger partial charge in [0.1, 0.15) is 23.5 Å². The normalized spacial score (nSPS) is 25.1. The van der Waals surface area contributed by atoms with E-state index in [-0.39, 0.29) is 17.7 Å². The number of carbonyl (C=O) groups is 2. The molecule has 2 aliphatic rings. The van der Waals surface area contributed by atoms with Gasteiger partial charge in [0.25, 0.3) is 0 Å². The van der Waals surface area contributed by atoms with Crippen LogP contribution in [-0.2, 0) is 9.59 Å². The molecule has 0 spiro atoms. The summed E-state index contributed by atoms with van der Waals surface area (Å²) in [5, 5.41) is 23.2. The summed E-state index contributed by atoms with van der Waals surface area (Å²) < 4.78 is 5.92. The van der Waals surface area contributed by atoms with Crippen LogP contribution in [-0.4, -0.2) is 46.1 Å². The zero-order valence-electron chi connectivity index (χ0n) is 18.1. The van der Waals surface area contributed by atoms with E-state index < -0.39 is 23.8 Å². The number of nitrogens with zero attached hydrogens (tertiary/aromatic N) is 2. The second-order valence-corrected chi connectivity index (χ2v) is 9.20. The van der Waals surface area contributed by atoms with Gasteiger partial charge in [-0.1, -0.05) is 13.8 Å². The summed E-state index contributed by atoms with van der Waals surface area (Å²) in [6, 6.07) is 5.79. The molecule has 1 aromatic rings. The van der Waals surface area contributed by atoms with E-state index >= 15 is 0 Å². The maximum atomic E-state index is 13.3. The van der Waals surface area contributed by atoms with Crippen LogP contribution in [0, 0.1) is 17.2 Å². The first-order chi connectivity index (χ1) is 14.1. The molecule has 3 atom stereocenters. The lowest BCUT2D eigenvalue weighted by atomic mass is 9.85. The number of aliphatic hydroxyl groups is 1.